The summed E-state index contributed by atoms with van der Waals surface area (Å²) in [5.74, 6) is -4.27. The summed E-state index contributed by atoms with van der Waals surface area (Å²) in [6.07, 6.45) is 4.97. The molecule has 2 aromatic heterocycles. The van der Waals surface area contributed by atoms with Gasteiger partial charge in [0.05, 0.1) is 5.69 Å². The van der Waals surface area contributed by atoms with Gasteiger partial charge in [0.2, 0.25) is 11.8 Å². The number of fused-ring (bicyclic) bond motifs is 3. The van der Waals surface area contributed by atoms with Crippen molar-refractivity contribution in [1.29, 1.82) is 0 Å². The van der Waals surface area contributed by atoms with Crippen LogP contribution in [0.4, 0.5) is 8.78 Å². The van der Waals surface area contributed by atoms with Gasteiger partial charge in [-0.25, -0.2) is 8.78 Å². The molecule has 2 saturated heterocycles. The number of hydrogen-bond donors (Lipinski definition) is 2. The third kappa shape index (κ3) is 4.28. The third-order valence-electron chi connectivity index (χ3n) is 7.24. The van der Waals surface area contributed by atoms with Crippen LogP contribution >= 0.6 is 0 Å². The molecule has 9 nitrogen and oxygen atoms in total. The molecule has 2 aromatic rings. The molecule has 194 valence electrons. The van der Waals surface area contributed by atoms with Gasteiger partial charge >= 0.3 is 0 Å². The van der Waals surface area contributed by atoms with E-state index in [4.69, 9.17) is 0 Å². The number of nitrogens with one attached hydrogen (secondary N) is 1. The zero-order valence-electron chi connectivity index (χ0n) is 20.6. The largest absolute Gasteiger partial charge is 0.492 e. The van der Waals surface area contributed by atoms with Gasteiger partial charge in [-0.2, -0.15) is 9.61 Å². The molecule has 36 heavy (non-hydrogen) atoms. The lowest BCUT2D eigenvalue weighted by molar-refractivity contribution is -0.139. The van der Waals surface area contributed by atoms with Crippen LogP contribution in [-0.2, 0) is 11.3 Å². The molecule has 1 aliphatic carbocycles. The van der Waals surface area contributed by atoms with Gasteiger partial charge in [-0.15, -0.1) is 0 Å². The maximum Gasteiger partial charge on any atom is 0.270 e. The Morgan fingerprint density at radius 1 is 1.19 bits per heavy atom. The van der Waals surface area contributed by atoms with E-state index < -0.39 is 35.4 Å². The SMILES string of the molecule is Cc1nn2c(O)c(C(=O)NC3CC3)c(=O)n(CC(C)C)c2c1/C=C/C(=O)N1C2CCC1CC(F)(F)C2. The Balaban J connectivity index is 1.55. The highest BCUT2D eigenvalue weighted by atomic mass is 19.3. The summed E-state index contributed by atoms with van der Waals surface area (Å²) in [5, 5.41) is 18.0. The smallest absolute Gasteiger partial charge is 0.270 e. The molecule has 2 bridgehead atoms. The Bertz CT molecular complexity index is 1310. The van der Waals surface area contributed by atoms with Gasteiger partial charge < -0.3 is 15.3 Å². The lowest BCUT2D eigenvalue weighted by atomic mass is 9.98. The number of aryl methyl sites for hydroxylation is 1. The molecule has 2 aliphatic heterocycles. The predicted octanol–water partition coefficient (Wildman–Crippen LogP) is 2.86. The van der Waals surface area contributed by atoms with Crippen LogP contribution in [0.3, 0.4) is 0 Å². The molecule has 0 aromatic carbocycles. The Morgan fingerprint density at radius 2 is 1.83 bits per heavy atom. The fourth-order valence-electron chi connectivity index (χ4n) is 5.52. The summed E-state index contributed by atoms with van der Waals surface area (Å²) in [6.45, 7) is 5.78. The molecular weight excluding hydrogens is 472 g/mol. The fourth-order valence-corrected chi connectivity index (χ4v) is 5.52. The molecule has 11 heteroatoms. The van der Waals surface area contributed by atoms with Crippen molar-refractivity contribution >= 4 is 23.5 Å². The average molecular weight is 504 g/mol. The van der Waals surface area contributed by atoms with Gasteiger partial charge in [-0.3, -0.25) is 19.0 Å². The number of carbonyl (C=O) groups is 2. The molecule has 3 fully saturated rings. The first-order chi connectivity index (χ1) is 17.0. The number of hydrogen-bond acceptors (Lipinski definition) is 5. The number of carbonyl (C=O) groups excluding carboxylic acids is 2. The van der Waals surface area contributed by atoms with Gasteiger partial charge in [0.15, 0.2) is 5.56 Å². The van der Waals surface area contributed by atoms with E-state index in [0.717, 1.165) is 17.4 Å². The highest BCUT2D eigenvalue weighted by Crippen LogP contribution is 2.43. The second-order valence-electron chi connectivity index (χ2n) is 10.7. The van der Waals surface area contributed by atoms with Crippen LogP contribution in [0, 0.1) is 12.8 Å². The number of alkyl halides is 2. The summed E-state index contributed by atoms with van der Waals surface area (Å²) in [6, 6.07) is -0.979. The molecule has 2 unspecified atom stereocenters. The van der Waals surface area contributed by atoms with Gasteiger partial charge in [-0.1, -0.05) is 13.8 Å². The highest BCUT2D eigenvalue weighted by Gasteiger charge is 2.50. The Labute approximate surface area is 206 Å². The maximum absolute atomic E-state index is 14.0. The van der Waals surface area contributed by atoms with Crippen molar-refractivity contribution in [3.63, 3.8) is 0 Å². The van der Waals surface area contributed by atoms with Crippen molar-refractivity contribution < 1.29 is 23.5 Å². The average Bonchev–Trinajstić information content (AvgIpc) is 3.45. The molecule has 1 saturated carbocycles. The molecule has 5 rings (SSSR count). The molecule has 3 aliphatic rings. The van der Waals surface area contributed by atoms with Gasteiger partial charge in [0, 0.05) is 49.2 Å². The fraction of sp³-hybridized carbons (Fsp3) is 0.600. The lowest BCUT2D eigenvalue weighted by Crippen LogP contribution is -2.49. The van der Waals surface area contributed by atoms with Crippen molar-refractivity contribution in [3.05, 3.63) is 33.3 Å². The van der Waals surface area contributed by atoms with E-state index in [1.54, 1.807) is 11.8 Å². The van der Waals surface area contributed by atoms with E-state index in [9.17, 15) is 28.3 Å². The number of aromatic nitrogens is 3. The van der Waals surface area contributed by atoms with Crippen LogP contribution in [-0.4, -0.2) is 60.1 Å². The van der Waals surface area contributed by atoms with Crippen LogP contribution in [0.5, 0.6) is 5.88 Å². The highest BCUT2D eigenvalue weighted by molar-refractivity contribution is 5.97. The second kappa shape index (κ2) is 8.70. The number of rotatable bonds is 6. The van der Waals surface area contributed by atoms with Crippen LogP contribution in [0.2, 0.25) is 0 Å². The molecule has 4 heterocycles. The summed E-state index contributed by atoms with van der Waals surface area (Å²) in [7, 11) is 0. The summed E-state index contributed by atoms with van der Waals surface area (Å²) in [4.78, 5) is 40.8. The predicted molar refractivity (Wildman–Crippen MR) is 128 cm³/mol. The molecule has 2 N–H and O–H groups in total. The number of halogens is 2. The van der Waals surface area contributed by atoms with Gasteiger partial charge in [0.25, 0.3) is 17.4 Å². The minimum atomic E-state index is -2.75. The summed E-state index contributed by atoms with van der Waals surface area (Å²) >= 11 is 0. The molecule has 2 amide bonds. The maximum atomic E-state index is 14.0. The second-order valence-corrected chi connectivity index (χ2v) is 10.7. The first-order valence-electron chi connectivity index (χ1n) is 12.5. The van der Waals surface area contributed by atoms with E-state index in [0.29, 0.717) is 24.1 Å². The van der Waals surface area contributed by atoms with Crippen molar-refractivity contribution in [1.82, 2.24) is 24.4 Å². The van der Waals surface area contributed by atoms with E-state index in [1.165, 1.54) is 16.7 Å². The first kappa shape index (κ1) is 24.5. The Hall–Kier alpha value is -3.24. The normalized spacial score (nSPS) is 23.2. The quantitative estimate of drug-likeness (QED) is 0.590. The number of nitrogens with zero attached hydrogens (tertiary/aromatic N) is 4. The third-order valence-corrected chi connectivity index (χ3v) is 7.24. The van der Waals surface area contributed by atoms with Crippen molar-refractivity contribution in [2.45, 2.75) is 89.9 Å². The van der Waals surface area contributed by atoms with E-state index in [-0.39, 0.29) is 48.5 Å². The Kier molecular flexibility index (Phi) is 5.91. The molecular formula is C25H31F2N5O4. The van der Waals surface area contributed by atoms with Crippen LogP contribution in [0.15, 0.2) is 10.9 Å². The van der Waals surface area contributed by atoms with E-state index in [2.05, 4.69) is 10.4 Å². The minimum absolute atomic E-state index is 0.000518. The zero-order valence-corrected chi connectivity index (χ0v) is 20.6. The number of amides is 2. The number of piperidine rings is 1. The van der Waals surface area contributed by atoms with Gasteiger partial charge in [-0.05, 0) is 44.6 Å². The van der Waals surface area contributed by atoms with Crippen molar-refractivity contribution in [3.8, 4) is 5.88 Å². The minimum Gasteiger partial charge on any atom is -0.492 e. The lowest BCUT2D eigenvalue weighted by Gasteiger charge is -2.38. The molecule has 0 spiro atoms. The topological polar surface area (TPSA) is 109 Å². The number of aromatic hydroxyl groups is 1. The first-order valence-corrected chi connectivity index (χ1v) is 12.5. The monoisotopic (exact) mass is 503 g/mol. The van der Waals surface area contributed by atoms with E-state index >= 15 is 0 Å². The zero-order chi connectivity index (χ0) is 25.9. The van der Waals surface area contributed by atoms with Crippen molar-refractivity contribution in [2.24, 2.45) is 5.92 Å². The standard InChI is InChI=1S/C25H31F2N5O4/c1-13(2)12-30-22-18(8-9-19(33)31-16-6-7-17(31)11-25(26,27)10-16)14(3)29-32(22)24(36)20(23(30)35)21(34)28-15-4-5-15/h8-9,13,15-17,36H,4-7,10-12H2,1-3H3,(H,28,34)/b9-8+. The van der Waals surface area contributed by atoms with Gasteiger partial charge in [0.1, 0.15) is 5.65 Å². The van der Waals surface area contributed by atoms with Crippen LogP contribution in [0.25, 0.3) is 11.7 Å². The van der Waals surface area contributed by atoms with Crippen molar-refractivity contribution in [2.75, 3.05) is 0 Å². The van der Waals surface area contributed by atoms with Crippen LogP contribution in [0.1, 0.15) is 74.0 Å². The van der Waals surface area contributed by atoms with Crippen LogP contribution < -0.4 is 10.9 Å². The summed E-state index contributed by atoms with van der Waals surface area (Å²) in [5.41, 5.74) is 0.155. The summed E-state index contributed by atoms with van der Waals surface area (Å²) < 4.78 is 30.5. The molecule has 0 radical (unpaired) electrons. The van der Waals surface area contributed by atoms with E-state index in [1.807, 2.05) is 13.8 Å². The Morgan fingerprint density at radius 3 is 2.42 bits per heavy atom. The molecule has 2 atom stereocenters.